The van der Waals surface area contributed by atoms with Crippen LogP contribution in [0.4, 0.5) is 0 Å². The number of H-pyrrole nitrogens is 1. The summed E-state index contributed by atoms with van der Waals surface area (Å²) in [5, 5.41) is 3.42. The van der Waals surface area contributed by atoms with Crippen LogP contribution < -0.4 is 5.32 Å². The summed E-state index contributed by atoms with van der Waals surface area (Å²) >= 11 is 5.18. The molecule has 0 spiro atoms. The third-order valence-electron chi connectivity index (χ3n) is 2.70. The number of aromatic nitrogens is 2. The summed E-state index contributed by atoms with van der Waals surface area (Å²) in [5.41, 5.74) is 1.08. The highest BCUT2D eigenvalue weighted by Crippen LogP contribution is 2.29. The molecule has 0 radical (unpaired) electrons. The van der Waals surface area contributed by atoms with Gasteiger partial charge >= 0.3 is 0 Å². The molecule has 1 unspecified atom stereocenters. The quantitative estimate of drug-likeness (QED) is 0.881. The first-order valence-electron chi connectivity index (χ1n) is 5.72. The molecule has 0 saturated carbocycles. The van der Waals surface area contributed by atoms with Crippen LogP contribution in [0.5, 0.6) is 0 Å². The first kappa shape index (κ1) is 12.8. The summed E-state index contributed by atoms with van der Waals surface area (Å²) in [4.78, 5) is 8.93. The second kappa shape index (κ2) is 5.80. The molecule has 3 nitrogen and oxygen atoms in total. The van der Waals surface area contributed by atoms with Crippen LogP contribution in [0.1, 0.15) is 26.1 Å². The predicted molar refractivity (Wildman–Crippen MR) is 76.2 cm³/mol. The molecular formula is C12H16BrN3S. The summed E-state index contributed by atoms with van der Waals surface area (Å²) in [7, 11) is 0. The number of hydrogen-bond acceptors (Lipinski definition) is 3. The smallest absolute Gasteiger partial charge is 0.120 e. The number of halogens is 1. The maximum Gasteiger partial charge on any atom is 0.120 e. The van der Waals surface area contributed by atoms with Crippen LogP contribution in [0.2, 0.25) is 0 Å². The van der Waals surface area contributed by atoms with E-state index in [9.17, 15) is 0 Å². The van der Waals surface area contributed by atoms with E-state index in [1.54, 1.807) is 11.3 Å². The van der Waals surface area contributed by atoms with Crippen LogP contribution in [0, 0.1) is 0 Å². The first-order chi connectivity index (χ1) is 8.19. The van der Waals surface area contributed by atoms with Crippen LogP contribution in [-0.4, -0.2) is 16.0 Å². The van der Waals surface area contributed by atoms with Gasteiger partial charge in [-0.1, -0.05) is 6.92 Å². The molecule has 0 fully saturated rings. The monoisotopic (exact) mass is 313 g/mol. The molecule has 2 aromatic heterocycles. The molecule has 0 amide bonds. The number of aromatic amines is 1. The molecule has 5 heteroatoms. The zero-order valence-electron chi connectivity index (χ0n) is 9.96. The van der Waals surface area contributed by atoms with Gasteiger partial charge in [-0.3, -0.25) is 0 Å². The SMILES string of the molecule is CCC(C)NCc1ncc(-c2ccc(Br)s2)[nH]1. The minimum absolute atomic E-state index is 0.527. The van der Waals surface area contributed by atoms with Gasteiger partial charge in [-0.15, -0.1) is 11.3 Å². The lowest BCUT2D eigenvalue weighted by Gasteiger charge is -2.08. The fourth-order valence-electron chi connectivity index (χ4n) is 1.45. The molecule has 2 N–H and O–H groups in total. The number of rotatable bonds is 5. The zero-order chi connectivity index (χ0) is 12.3. The Labute approximate surface area is 114 Å². The van der Waals surface area contributed by atoms with Crippen LogP contribution in [0.15, 0.2) is 22.1 Å². The lowest BCUT2D eigenvalue weighted by Crippen LogP contribution is -2.24. The van der Waals surface area contributed by atoms with Crippen LogP contribution in [-0.2, 0) is 6.54 Å². The van der Waals surface area contributed by atoms with Crippen molar-refractivity contribution in [3.63, 3.8) is 0 Å². The van der Waals surface area contributed by atoms with Crippen LogP contribution in [0.25, 0.3) is 10.6 Å². The van der Waals surface area contributed by atoms with Crippen molar-refractivity contribution in [1.29, 1.82) is 0 Å². The van der Waals surface area contributed by atoms with Crippen molar-refractivity contribution in [3.05, 3.63) is 27.9 Å². The van der Waals surface area contributed by atoms with Crippen molar-refractivity contribution in [2.45, 2.75) is 32.9 Å². The Bertz CT molecular complexity index is 478. The van der Waals surface area contributed by atoms with Crippen molar-refractivity contribution in [2.75, 3.05) is 0 Å². The Morgan fingerprint density at radius 3 is 3.00 bits per heavy atom. The van der Waals surface area contributed by atoms with E-state index in [2.05, 4.69) is 57.2 Å². The lowest BCUT2D eigenvalue weighted by molar-refractivity contribution is 0.525. The third-order valence-corrected chi connectivity index (χ3v) is 4.35. The number of imidazole rings is 1. The van der Waals surface area contributed by atoms with E-state index in [1.165, 1.54) is 4.88 Å². The minimum Gasteiger partial charge on any atom is -0.340 e. The molecule has 0 aliphatic heterocycles. The molecule has 0 saturated heterocycles. The average molecular weight is 314 g/mol. The summed E-state index contributed by atoms with van der Waals surface area (Å²) in [6.45, 7) is 5.15. The highest BCUT2D eigenvalue weighted by Gasteiger charge is 2.06. The van der Waals surface area contributed by atoms with Gasteiger partial charge in [0.05, 0.1) is 27.1 Å². The largest absolute Gasteiger partial charge is 0.340 e. The van der Waals surface area contributed by atoms with Gasteiger partial charge in [-0.2, -0.15) is 0 Å². The Morgan fingerprint density at radius 1 is 1.53 bits per heavy atom. The summed E-state index contributed by atoms with van der Waals surface area (Å²) < 4.78 is 1.14. The van der Waals surface area contributed by atoms with Crippen molar-refractivity contribution >= 4 is 27.3 Å². The van der Waals surface area contributed by atoms with Crippen LogP contribution in [0.3, 0.4) is 0 Å². The molecule has 2 aromatic rings. The van der Waals surface area contributed by atoms with Gasteiger partial charge in [0.1, 0.15) is 5.82 Å². The Kier molecular flexibility index (Phi) is 4.36. The van der Waals surface area contributed by atoms with E-state index in [4.69, 9.17) is 0 Å². The molecule has 0 aliphatic carbocycles. The topological polar surface area (TPSA) is 40.7 Å². The van der Waals surface area contributed by atoms with Gasteiger partial charge in [-0.05, 0) is 41.4 Å². The normalized spacial score (nSPS) is 12.9. The minimum atomic E-state index is 0.527. The number of hydrogen-bond donors (Lipinski definition) is 2. The lowest BCUT2D eigenvalue weighted by atomic mass is 10.2. The number of nitrogens with zero attached hydrogens (tertiary/aromatic N) is 1. The Morgan fingerprint density at radius 2 is 2.35 bits per heavy atom. The molecule has 2 rings (SSSR count). The molecule has 92 valence electrons. The standard InChI is InChI=1S/C12H16BrN3S/c1-3-8(2)14-7-12-15-6-9(16-12)10-4-5-11(13)17-10/h4-6,8,14H,3,7H2,1-2H3,(H,15,16). The van der Waals surface area contributed by atoms with E-state index in [0.29, 0.717) is 6.04 Å². The summed E-state index contributed by atoms with van der Waals surface area (Å²) in [5.74, 6) is 0.991. The van der Waals surface area contributed by atoms with Crippen molar-refractivity contribution in [1.82, 2.24) is 15.3 Å². The van der Waals surface area contributed by atoms with Gasteiger partial charge in [0.2, 0.25) is 0 Å². The summed E-state index contributed by atoms with van der Waals surface area (Å²) in [6, 6.07) is 4.67. The van der Waals surface area contributed by atoms with Crippen LogP contribution >= 0.6 is 27.3 Å². The number of thiophene rings is 1. The molecule has 2 heterocycles. The Balaban J connectivity index is 2.01. The van der Waals surface area contributed by atoms with Gasteiger partial charge in [0, 0.05) is 6.04 Å². The number of nitrogens with one attached hydrogen (secondary N) is 2. The highest BCUT2D eigenvalue weighted by atomic mass is 79.9. The van der Waals surface area contributed by atoms with Gasteiger partial charge < -0.3 is 10.3 Å². The maximum atomic E-state index is 4.38. The predicted octanol–water partition coefficient (Wildman–Crippen LogP) is 3.79. The van der Waals surface area contributed by atoms with E-state index in [-0.39, 0.29) is 0 Å². The molecular weight excluding hydrogens is 298 g/mol. The average Bonchev–Trinajstić information content (AvgIpc) is 2.94. The van der Waals surface area contributed by atoms with E-state index >= 15 is 0 Å². The van der Waals surface area contributed by atoms with Crippen molar-refractivity contribution < 1.29 is 0 Å². The third kappa shape index (κ3) is 3.40. The van der Waals surface area contributed by atoms with Gasteiger partial charge in [0.15, 0.2) is 0 Å². The second-order valence-corrected chi connectivity index (χ2v) is 6.50. The molecule has 17 heavy (non-hydrogen) atoms. The van der Waals surface area contributed by atoms with Crippen molar-refractivity contribution in [3.8, 4) is 10.6 Å². The van der Waals surface area contributed by atoms with E-state index < -0.39 is 0 Å². The maximum absolute atomic E-state index is 4.38. The molecule has 0 bridgehead atoms. The first-order valence-corrected chi connectivity index (χ1v) is 7.33. The highest BCUT2D eigenvalue weighted by molar-refractivity contribution is 9.11. The molecule has 0 aliphatic rings. The molecule has 0 aromatic carbocycles. The Hall–Kier alpha value is -0.650. The molecule has 1 atom stereocenters. The van der Waals surface area contributed by atoms with Gasteiger partial charge in [0.25, 0.3) is 0 Å². The van der Waals surface area contributed by atoms with E-state index in [1.807, 2.05) is 6.20 Å². The second-order valence-electron chi connectivity index (χ2n) is 4.04. The summed E-state index contributed by atoms with van der Waals surface area (Å²) in [6.07, 6.45) is 3.03. The van der Waals surface area contributed by atoms with Gasteiger partial charge in [-0.25, -0.2) is 4.98 Å². The van der Waals surface area contributed by atoms with Crippen molar-refractivity contribution in [2.24, 2.45) is 0 Å². The zero-order valence-corrected chi connectivity index (χ0v) is 12.4. The fraction of sp³-hybridized carbons (Fsp3) is 0.417. The van der Waals surface area contributed by atoms with E-state index in [0.717, 1.165) is 28.3 Å². The fourth-order valence-corrected chi connectivity index (χ4v) is 2.80.